The minimum Gasteiger partial charge on any atom is -0.393 e. The highest BCUT2D eigenvalue weighted by Crippen LogP contribution is 2.42. The van der Waals surface area contributed by atoms with Crippen molar-refractivity contribution in [2.45, 2.75) is 58.5 Å². The van der Waals surface area contributed by atoms with E-state index in [4.69, 9.17) is 0 Å². The maximum absolute atomic E-state index is 10.4. The minimum atomic E-state index is -0.149. The van der Waals surface area contributed by atoms with Crippen LogP contribution in [0.5, 0.6) is 0 Å². The molecule has 1 aliphatic carbocycles. The summed E-state index contributed by atoms with van der Waals surface area (Å²) in [5, 5.41) is 10.4. The molecule has 0 amide bonds. The van der Waals surface area contributed by atoms with E-state index in [-0.39, 0.29) is 11.5 Å². The average Bonchev–Trinajstić information content (AvgIpc) is 2.28. The van der Waals surface area contributed by atoms with E-state index in [1.165, 1.54) is 17.5 Å². The van der Waals surface area contributed by atoms with E-state index in [0.717, 1.165) is 12.8 Å². The third-order valence-corrected chi connectivity index (χ3v) is 4.77. The summed E-state index contributed by atoms with van der Waals surface area (Å²) in [6.07, 6.45) is 3.20. The first-order valence-corrected chi connectivity index (χ1v) is 7.16. The van der Waals surface area contributed by atoms with Crippen LogP contribution in [0.3, 0.4) is 0 Å². The summed E-state index contributed by atoms with van der Waals surface area (Å²) in [5.41, 5.74) is 2.73. The fourth-order valence-corrected chi connectivity index (χ4v) is 3.45. The molecule has 1 N–H and O–H groups in total. The topological polar surface area (TPSA) is 20.2 Å². The van der Waals surface area contributed by atoms with Crippen LogP contribution in [0, 0.1) is 18.8 Å². The molecule has 1 nitrogen and oxygen atoms in total. The largest absolute Gasteiger partial charge is 0.393 e. The van der Waals surface area contributed by atoms with Crippen LogP contribution < -0.4 is 0 Å². The molecule has 0 radical (unpaired) electrons. The monoisotopic (exact) mass is 246 g/mol. The predicted octanol–water partition coefficient (Wildman–Crippen LogP) is 4.07. The molecule has 18 heavy (non-hydrogen) atoms. The lowest BCUT2D eigenvalue weighted by atomic mass is 9.64. The van der Waals surface area contributed by atoms with E-state index in [2.05, 4.69) is 52.0 Å². The minimum absolute atomic E-state index is 0.0611. The first kappa shape index (κ1) is 13.6. The van der Waals surface area contributed by atoms with Gasteiger partial charge in [-0.25, -0.2) is 0 Å². The molecule has 1 aromatic carbocycles. The lowest BCUT2D eigenvalue weighted by Crippen LogP contribution is -2.41. The molecule has 1 aliphatic rings. The molecule has 1 fully saturated rings. The Morgan fingerprint density at radius 2 is 1.94 bits per heavy atom. The summed E-state index contributed by atoms with van der Waals surface area (Å²) in [6.45, 7) is 8.95. The van der Waals surface area contributed by atoms with Gasteiger partial charge in [-0.05, 0) is 42.6 Å². The maximum Gasteiger partial charge on any atom is 0.0579 e. The second kappa shape index (κ2) is 5.05. The Balaban J connectivity index is 2.25. The van der Waals surface area contributed by atoms with Gasteiger partial charge in [0.2, 0.25) is 0 Å². The summed E-state index contributed by atoms with van der Waals surface area (Å²) in [4.78, 5) is 0. The van der Waals surface area contributed by atoms with Crippen molar-refractivity contribution in [3.8, 4) is 0 Å². The lowest BCUT2D eigenvalue weighted by molar-refractivity contribution is 0.0143. The van der Waals surface area contributed by atoms with Gasteiger partial charge < -0.3 is 5.11 Å². The Labute approximate surface area is 111 Å². The number of aliphatic hydroxyl groups excluding tert-OH is 1. The smallest absolute Gasteiger partial charge is 0.0579 e. The summed E-state index contributed by atoms with van der Waals surface area (Å²) in [7, 11) is 0. The zero-order valence-corrected chi connectivity index (χ0v) is 12.1. The molecule has 0 heterocycles. The average molecular weight is 246 g/mol. The van der Waals surface area contributed by atoms with Crippen molar-refractivity contribution < 1.29 is 5.11 Å². The highest BCUT2D eigenvalue weighted by atomic mass is 16.3. The lowest BCUT2D eigenvalue weighted by Gasteiger charge is -2.42. The van der Waals surface area contributed by atoms with Crippen molar-refractivity contribution in [3.63, 3.8) is 0 Å². The normalized spacial score (nSPS) is 29.3. The van der Waals surface area contributed by atoms with E-state index in [9.17, 15) is 5.11 Å². The van der Waals surface area contributed by atoms with Crippen molar-refractivity contribution in [2.75, 3.05) is 0 Å². The summed E-state index contributed by atoms with van der Waals surface area (Å²) in [5.74, 6) is 1.06. The Hall–Kier alpha value is -0.820. The molecule has 1 saturated carbocycles. The van der Waals surface area contributed by atoms with Crippen LogP contribution in [-0.4, -0.2) is 11.2 Å². The first-order chi connectivity index (χ1) is 8.41. The molecule has 100 valence electrons. The van der Waals surface area contributed by atoms with Crippen LogP contribution in [0.15, 0.2) is 24.3 Å². The molecule has 0 aliphatic heterocycles. The van der Waals surface area contributed by atoms with E-state index in [0.29, 0.717) is 11.8 Å². The molecule has 0 saturated heterocycles. The second-order valence-electron chi connectivity index (χ2n) is 6.68. The number of benzene rings is 1. The van der Waals surface area contributed by atoms with Crippen molar-refractivity contribution in [2.24, 2.45) is 11.8 Å². The van der Waals surface area contributed by atoms with Gasteiger partial charge in [0.05, 0.1) is 6.10 Å². The maximum atomic E-state index is 10.4. The van der Waals surface area contributed by atoms with Crippen LogP contribution in [-0.2, 0) is 5.41 Å². The quantitative estimate of drug-likeness (QED) is 0.834. The Kier molecular flexibility index (Phi) is 3.82. The molecule has 1 heteroatoms. The van der Waals surface area contributed by atoms with Gasteiger partial charge in [0.15, 0.2) is 0 Å². The fraction of sp³-hybridized carbons (Fsp3) is 0.647. The van der Waals surface area contributed by atoms with Gasteiger partial charge in [0.1, 0.15) is 0 Å². The van der Waals surface area contributed by atoms with Gasteiger partial charge in [-0.1, -0.05) is 57.0 Å². The van der Waals surface area contributed by atoms with E-state index in [1.54, 1.807) is 0 Å². The van der Waals surface area contributed by atoms with Gasteiger partial charge in [-0.2, -0.15) is 0 Å². The Morgan fingerprint density at radius 1 is 1.22 bits per heavy atom. The predicted molar refractivity (Wildman–Crippen MR) is 76.7 cm³/mol. The molecule has 3 unspecified atom stereocenters. The highest BCUT2D eigenvalue weighted by molar-refractivity contribution is 5.29. The molecule has 3 atom stereocenters. The number of hydrogen-bond acceptors (Lipinski definition) is 1. The Bertz CT molecular complexity index is 408. The standard InChI is InChI=1S/C17H26O/c1-12-6-5-7-14(10-12)17(3,4)15-9-8-13(2)11-16(15)18/h5-7,10,13,15-16,18H,8-9,11H2,1-4H3. The highest BCUT2D eigenvalue weighted by Gasteiger charge is 2.39. The second-order valence-corrected chi connectivity index (χ2v) is 6.68. The van der Waals surface area contributed by atoms with Crippen LogP contribution >= 0.6 is 0 Å². The summed E-state index contributed by atoms with van der Waals surface area (Å²) < 4.78 is 0. The van der Waals surface area contributed by atoms with Gasteiger partial charge >= 0.3 is 0 Å². The number of hydrogen-bond donors (Lipinski definition) is 1. The first-order valence-electron chi connectivity index (χ1n) is 7.16. The fourth-order valence-electron chi connectivity index (χ4n) is 3.45. The number of aliphatic hydroxyl groups is 1. The van der Waals surface area contributed by atoms with Crippen molar-refractivity contribution in [1.29, 1.82) is 0 Å². The summed E-state index contributed by atoms with van der Waals surface area (Å²) in [6, 6.07) is 8.74. The molecule has 1 aromatic rings. The van der Waals surface area contributed by atoms with E-state index < -0.39 is 0 Å². The third-order valence-electron chi connectivity index (χ3n) is 4.77. The van der Waals surface area contributed by atoms with Gasteiger partial charge in [0, 0.05) is 0 Å². The van der Waals surface area contributed by atoms with Crippen LogP contribution in [0.1, 0.15) is 51.2 Å². The number of aryl methyl sites for hydroxylation is 1. The molecule has 0 spiro atoms. The van der Waals surface area contributed by atoms with Crippen molar-refractivity contribution in [1.82, 2.24) is 0 Å². The zero-order valence-electron chi connectivity index (χ0n) is 12.1. The van der Waals surface area contributed by atoms with E-state index >= 15 is 0 Å². The van der Waals surface area contributed by atoms with Crippen LogP contribution in [0.25, 0.3) is 0 Å². The molecular formula is C17H26O. The molecule has 0 bridgehead atoms. The van der Waals surface area contributed by atoms with E-state index in [1.807, 2.05) is 0 Å². The van der Waals surface area contributed by atoms with Crippen molar-refractivity contribution in [3.05, 3.63) is 35.4 Å². The molecular weight excluding hydrogens is 220 g/mol. The number of rotatable bonds is 2. The molecule has 2 rings (SSSR count). The van der Waals surface area contributed by atoms with Crippen molar-refractivity contribution >= 4 is 0 Å². The Morgan fingerprint density at radius 3 is 2.56 bits per heavy atom. The molecule has 0 aromatic heterocycles. The third kappa shape index (κ3) is 2.61. The zero-order chi connectivity index (χ0) is 13.3. The van der Waals surface area contributed by atoms with Gasteiger partial charge in [-0.15, -0.1) is 0 Å². The summed E-state index contributed by atoms with van der Waals surface area (Å²) >= 11 is 0. The van der Waals surface area contributed by atoms with Crippen LogP contribution in [0.4, 0.5) is 0 Å². The van der Waals surface area contributed by atoms with Gasteiger partial charge in [0.25, 0.3) is 0 Å². The van der Waals surface area contributed by atoms with Gasteiger partial charge in [-0.3, -0.25) is 0 Å². The van der Waals surface area contributed by atoms with Crippen LogP contribution in [0.2, 0.25) is 0 Å². The SMILES string of the molecule is Cc1cccc(C(C)(C)C2CCC(C)CC2O)c1.